The average Bonchev–Trinajstić information content (AvgIpc) is 3.40. The predicted octanol–water partition coefficient (Wildman–Crippen LogP) is 7.01. The number of carbonyl (C=O) groups is 3. The number of benzene rings is 2. The molecule has 0 aliphatic carbocycles. The van der Waals surface area contributed by atoms with Gasteiger partial charge in [0.05, 0.1) is 17.5 Å². The zero-order chi connectivity index (χ0) is 29.2. The molecule has 3 aromatic rings. The molecule has 6 nitrogen and oxygen atoms in total. The first-order valence-electron chi connectivity index (χ1n) is 14.0. The number of rotatable bonds is 9. The highest BCUT2D eigenvalue weighted by Crippen LogP contribution is 2.33. The van der Waals surface area contributed by atoms with Crippen molar-refractivity contribution in [1.82, 2.24) is 14.7 Å². The second-order valence-electron chi connectivity index (χ2n) is 9.69. The number of aromatic nitrogens is 2. The molecule has 0 saturated carbocycles. The van der Waals surface area contributed by atoms with E-state index in [0.29, 0.717) is 11.8 Å². The van der Waals surface area contributed by atoms with Crippen LogP contribution in [0.1, 0.15) is 98.0 Å². The largest absolute Gasteiger partial charge is 0.337 e. The van der Waals surface area contributed by atoms with Crippen molar-refractivity contribution in [2.75, 3.05) is 13.1 Å². The van der Waals surface area contributed by atoms with E-state index in [0.717, 1.165) is 63.0 Å². The van der Waals surface area contributed by atoms with E-state index >= 15 is 0 Å². The van der Waals surface area contributed by atoms with Crippen LogP contribution >= 0.6 is 0 Å². The van der Waals surface area contributed by atoms with Crippen molar-refractivity contribution in [1.29, 1.82) is 0 Å². The molecule has 1 aliphatic rings. The van der Waals surface area contributed by atoms with E-state index in [4.69, 9.17) is 9.59 Å². The van der Waals surface area contributed by atoms with Gasteiger partial charge in [0.1, 0.15) is 13.6 Å². The summed E-state index contributed by atoms with van der Waals surface area (Å²) in [7, 11) is 0. The number of hydrogen-bond donors (Lipinski definition) is 0. The lowest BCUT2D eigenvalue weighted by Crippen LogP contribution is -2.48. The summed E-state index contributed by atoms with van der Waals surface area (Å²) in [5.74, 6) is 1.05. The van der Waals surface area contributed by atoms with E-state index in [2.05, 4.69) is 88.2 Å². The monoisotopic (exact) mass is 533 g/mol. The molecule has 6 heteroatoms. The van der Waals surface area contributed by atoms with Gasteiger partial charge in [0, 0.05) is 31.5 Å². The zero-order valence-corrected chi connectivity index (χ0v) is 24.6. The molecule has 0 spiro atoms. The maximum absolute atomic E-state index is 13.1. The number of likely N-dealkylation sites (tertiary alicyclic amines) is 1. The lowest BCUT2D eigenvalue weighted by molar-refractivity contribution is -0.0987. The number of aryl methyl sites for hydroxylation is 3. The molecule has 39 heavy (non-hydrogen) atoms. The molecule has 1 aromatic heterocycles. The number of amides is 1. The van der Waals surface area contributed by atoms with Crippen LogP contribution in [0.2, 0.25) is 0 Å². The van der Waals surface area contributed by atoms with Crippen LogP contribution in [0.4, 0.5) is 0 Å². The van der Waals surface area contributed by atoms with Crippen LogP contribution in [-0.4, -0.2) is 47.3 Å². The van der Waals surface area contributed by atoms with Gasteiger partial charge in [-0.05, 0) is 44.2 Å². The molecule has 2 heterocycles. The molecule has 0 bridgehead atoms. The molecule has 212 valence electrons. The molecule has 0 unspecified atom stereocenters. The van der Waals surface area contributed by atoms with Crippen LogP contribution in [0.25, 0.3) is 0 Å². The van der Waals surface area contributed by atoms with Crippen molar-refractivity contribution < 1.29 is 14.4 Å². The van der Waals surface area contributed by atoms with Crippen LogP contribution in [0.15, 0.2) is 60.8 Å². The van der Waals surface area contributed by atoms with Gasteiger partial charge < -0.3 is 14.5 Å². The molecule has 2 aromatic carbocycles. The average molecular weight is 534 g/mol. The van der Waals surface area contributed by atoms with E-state index in [9.17, 15) is 4.79 Å². The first-order chi connectivity index (χ1) is 19.0. The van der Waals surface area contributed by atoms with Crippen molar-refractivity contribution >= 4 is 19.5 Å². The highest BCUT2D eigenvalue weighted by molar-refractivity contribution is 5.96. The Morgan fingerprint density at radius 2 is 1.46 bits per heavy atom. The summed E-state index contributed by atoms with van der Waals surface area (Å²) in [4.78, 5) is 31.1. The van der Waals surface area contributed by atoms with Gasteiger partial charge >= 0.3 is 0 Å². The van der Waals surface area contributed by atoms with Crippen LogP contribution in [0.3, 0.4) is 0 Å². The third kappa shape index (κ3) is 9.61. The summed E-state index contributed by atoms with van der Waals surface area (Å²) >= 11 is 0. The Morgan fingerprint density at radius 1 is 0.897 bits per heavy atom. The molecule has 0 radical (unpaired) electrons. The van der Waals surface area contributed by atoms with Gasteiger partial charge in [-0.3, -0.25) is 9.48 Å². The third-order valence-electron chi connectivity index (χ3n) is 7.04. The van der Waals surface area contributed by atoms with Crippen molar-refractivity contribution in [3.63, 3.8) is 0 Å². The first-order valence-corrected chi connectivity index (χ1v) is 14.0. The fourth-order valence-corrected chi connectivity index (χ4v) is 4.93. The fourth-order valence-electron chi connectivity index (χ4n) is 4.93. The van der Waals surface area contributed by atoms with Crippen LogP contribution in [-0.2, 0) is 22.6 Å². The van der Waals surface area contributed by atoms with E-state index in [1.807, 2.05) is 29.2 Å². The lowest BCUT2D eigenvalue weighted by Gasteiger charge is -2.39. The predicted molar refractivity (Wildman–Crippen MR) is 160 cm³/mol. The molecule has 0 atom stereocenters. The summed E-state index contributed by atoms with van der Waals surface area (Å²) in [6.07, 6.45) is 7.44. The second-order valence-corrected chi connectivity index (χ2v) is 9.69. The maximum atomic E-state index is 13.1. The minimum absolute atomic E-state index is 0.157. The minimum Gasteiger partial charge on any atom is -0.337 e. The third-order valence-corrected chi connectivity index (χ3v) is 7.04. The first kappa shape index (κ1) is 33.5. The maximum Gasteiger partial charge on any atom is 0.257 e. The van der Waals surface area contributed by atoms with Gasteiger partial charge in [0.2, 0.25) is 0 Å². The smallest absolute Gasteiger partial charge is 0.257 e. The lowest BCUT2D eigenvalue weighted by atomic mass is 9.89. The van der Waals surface area contributed by atoms with E-state index in [1.54, 1.807) is 6.20 Å². The van der Waals surface area contributed by atoms with Crippen LogP contribution < -0.4 is 0 Å². The van der Waals surface area contributed by atoms with Gasteiger partial charge in [0.15, 0.2) is 0 Å². The van der Waals surface area contributed by atoms with Gasteiger partial charge in [-0.2, -0.15) is 5.10 Å². The molecule has 1 saturated heterocycles. The van der Waals surface area contributed by atoms with Gasteiger partial charge in [0.25, 0.3) is 5.91 Å². The number of nitrogens with zero attached hydrogens (tertiary/aromatic N) is 3. The highest BCUT2D eigenvalue weighted by atomic mass is 16.2. The Bertz CT molecular complexity index is 1070. The number of carbonyl (C=O) groups excluding carboxylic acids is 3. The van der Waals surface area contributed by atoms with Gasteiger partial charge in [-0.25, -0.2) is 0 Å². The molecule has 1 aliphatic heterocycles. The summed E-state index contributed by atoms with van der Waals surface area (Å²) in [6, 6.07) is 19.2. The highest BCUT2D eigenvalue weighted by Gasteiger charge is 2.35. The van der Waals surface area contributed by atoms with Crippen molar-refractivity contribution in [3.8, 4) is 0 Å². The second kappa shape index (κ2) is 18.7. The normalized spacial score (nSPS) is 12.2. The Morgan fingerprint density at radius 3 is 1.95 bits per heavy atom. The summed E-state index contributed by atoms with van der Waals surface area (Å²) in [6.45, 7) is 17.3. The van der Waals surface area contributed by atoms with Crippen LogP contribution in [0, 0.1) is 6.92 Å². The standard InChI is InChI=1S/C22H31N3O.C9H12.2CH2O/c1-4-10-18(11-5-2)21-20(14-23-25(21)6-3)22(26)24-15-19(16-24)17-12-8-7-9-13-17;1-3-9-6-4-8(2)5-7-9;2*1-2/h7-9,12-14,18-19H,4-6,10-11,15-16H2,1-3H3;4-7H,3H2,1-2H3;2*1H2. The van der Waals surface area contributed by atoms with Crippen molar-refractivity contribution in [3.05, 3.63) is 88.7 Å². The van der Waals surface area contributed by atoms with Crippen molar-refractivity contribution in [2.24, 2.45) is 0 Å². The Kier molecular flexibility index (Phi) is 16.0. The number of hydrogen-bond acceptors (Lipinski definition) is 4. The summed E-state index contributed by atoms with van der Waals surface area (Å²) in [5.41, 5.74) is 6.07. The van der Waals surface area contributed by atoms with E-state index in [-0.39, 0.29) is 5.91 Å². The molecule has 0 N–H and O–H groups in total. The molecular formula is C33H47N3O3. The summed E-state index contributed by atoms with van der Waals surface area (Å²) in [5, 5.41) is 4.53. The Balaban J connectivity index is 0.000000489. The van der Waals surface area contributed by atoms with Crippen molar-refractivity contribution in [2.45, 2.75) is 85.1 Å². The fraction of sp³-hybridized carbons (Fsp3) is 0.455. The molecular weight excluding hydrogens is 486 g/mol. The quantitative estimate of drug-likeness (QED) is 0.296. The molecule has 4 rings (SSSR count). The van der Waals surface area contributed by atoms with Gasteiger partial charge in [-0.15, -0.1) is 0 Å². The molecule has 1 fully saturated rings. The minimum atomic E-state index is 0.157. The Hall–Kier alpha value is -3.54. The van der Waals surface area contributed by atoms with Crippen LogP contribution in [0.5, 0.6) is 0 Å². The topological polar surface area (TPSA) is 72.3 Å². The van der Waals surface area contributed by atoms with E-state index < -0.39 is 0 Å². The Labute approximate surface area is 235 Å². The van der Waals surface area contributed by atoms with E-state index in [1.165, 1.54) is 16.7 Å². The molecule has 1 amide bonds. The van der Waals surface area contributed by atoms with Gasteiger partial charge in [-0.1, -0.05) is 93.8 Å². The zero-order valence-electron chi connectivity index (χ0n) is 24.6. The summed E-state index contributed by atoms with van der Waals surface area (Å²) < 4.78 is 2.04. The SMILES string of the molecule is C=O.C=O.CCCC(CCC)c1c(C(=O)N2CC(c3ccccc3)C2)cnn1CC.CCc1ccc(C)cc1.